The van der Waals surface area contributed by atoms with Gasteiger partial charge in [0.15, 0.2) is 5.78 Å². The van der Waals surface area contributed by atoms with Crippen LogP contribution < -0.4 is 0 Å². The van der Waals surface area contributed by atoms with Gasteiger partial charge in [-0.3, -0.25) is 4.79 Å². The van der Waals surface area contributed by atoms with Crippen LogP contribution in [0.1, 0.15) is 27.9 Å². The summed E-state index contributed by atoms with van der Waals surface area (Å²) in [5.41, 5.74) is 4.24. The molecule has 0 atom stereocenters. The summed E-state index contributed by atoms with van der Waals surface area (Å²) in [6.45, 7) is 0. The fourth-order valence-electron chi connectivity index (χ4n) is 2.45. The lowest BCUT2D eigenvalue weighted by Crippen LogP contribution is -1.97. The van der Waals surface area contributed by atoms with E-state index in [1.807, 2.05) is 36.4 Å². The summed E-state index contributed by atoms with van der Waals surface area (Å²) >= 11 is 3.43. The van der Waals surface area contributed by atoms with Gasteiger partial charge in [-0.05, 0) is 47.8 Å². The van der Waals surface area contributed by atoms with Gasteiger partial charge < -0.3 is 0 Å². The minimum Gasteiger partial charge on any atom is -0.289 e. The van der Waals surface area contributed by atoms with Gasteiger partial charge in [0.05, 0.1) is 0 Å². The number of hydrogen-bond donors (Lipinski definition) is 0. The van der Waals surface area contributed by atoms with Crippen LogP contribution in [0.4, 0.5) is 0 Å². The molecule has 2 aromatic carbocycles. The third-order valence-electron chi connectivity index (χ3n) is 3.47. The molecule has 3 rings (SSSR count). The van der Waals surface area contributed by atoms with Crippen LogP contribution in [-0.2, 0) is 6.42 Å². The average molecular weight is 313 g/mol. The number of aryl methyl sites for hydroxylation is 1. The third kappa shape index (κ3) is 2.54. The van der Waals surface area contributed by atoms with Gasteiger partial charge in [0, 0.05) is 10.0 Å². The Hall–Kier alpha value is -1.67. The first kappa shape index (κ1) is 12.4. The van der Waals surface area contributed by atoms with E-state index in [-0.39, 0.29) is 5.78 Å². The first-order valence-corrected chi connectivity index (χ1v) is 7.12. The van der Waals surface area contributed by atoms with Gasteiger partial charge in [0.25, 0.3) is 0 Å². The quantitative estimate of drug-likeness (QED) is 0.748. The number of allylic oxidation sites excluding steroid dienone is 2. The molecule has 0 saturated carbocycles. The molecule has 19 heavy (non-hydrogen) atoms. The lowest BCUT2D eigenvalue weighted by molar-refractivity contribution is 0.104. The van der Waals surface area contributed by atoms with Gasteiger partial charge in [0.1, 0.15) is 0 Å². The zero-order valence-corrected chi connectivity index (χ0v) is 12.0. The highest BCUT2D eigenvalue weighted by molar-refractivity contribution is 9.10. The molecular weight excluding hydrogens is 300 g/mol. The number of halogens is 1. The summed E-state index contributed by atoms with van der Waals surface area (Å²) in [5, 5.41) is 0. The predicted octanol–water partition coefficient (Wildman–Crippen LogP) is 4.66. The monoisotopic (exact) mass is 312 g/mol. The summed E-state index contributed by atoms with van der Waals surface area (Å²) in [4.78, 5) is 12.3. The Morgan fingerprint density at radius 2 is 1.63 bits per heavy atom. The lowest BCUT2D eigenvalue weighted by Gasteiger charge is -2.05. The van der Waals surface area contributed by atoms with Gasteiger partial charge in [-0.1, -0.05) is 52.3 Å². The van der Waals surface area contributed by atoms with Gasteiger partial charge in [0.2, 0.25) is 0 Å². The van der Waals surface area contributed by atoms with E-state index < -0.39 is 0 Å². The molecule has 0 unspecified atom stereocenters. The SMILES string of the molecule is O=C1C=C(c2ccc(Br)cc2)CCc2ccccc21. The second-order valence-electron chi connectivity index (χ2n) is 4.70. The molecular formula is C17H13BrO. The number of hydrogen-bond acceptors (Lipinski definition) is 1. The maximum Gasteiger partial charge on any atom is 0.186 e. The van der Waals surface area contributed by atoms with Crippen LogP contribution >= 0.6 is 15.9 Å². The molecule has 94 valence electrons. The molecule has 0 heterocycles. The normalized spacial score (nSPS) is 14.6. The summed E-state index contributed by atoms with van der Waals surface area (Å²) in [5.74, 6) is 0.117. The minimum absolute atomic E-state index is 0.117. The standard InChI is InChI=1S/C17H13BrO/c18-15-9-7-12(8-10-15)14-6-5-13-3-1-2-4-16(13)17(19)11-14/h1-4,7-11H,5-6H2. The lowest BCUT2D eigenvalue weighted by atomic mass is 10.00. The number of benzene rings is 2. The van der Waals surface area contributed by atoms with Crippen molar-refractivity contribution >= 4 is 27.3 Å². The molecule has 0 amide bonds. The van der Waals surface area contributed by atoms with Crippen molar-refractivity contribution in [3.8, 4) is 0 Å². The Morgan fingerprint density at radius 3 is 2.42 bits per heavy atom. The highest BCUT2D eigenvalue weighted by Gasteiger charge is 2.15. The van der Waals surface area contributed by atoms with Crippen LogP contribution in [0, 0.1) is 0 Å². The van der Waals surface area contributed by atoms with Crippen molar-refractivity contribution in [2.45, 2.75) is 12.8 Å². The van der Waals surface area contributed by atoms with Crippen molar-refractivity contribution in [3.05, 3.63) is 75.8 Å². The average Bonchev–Trinajstić information content (AvgIpc) is 2.60. The fraction of sp³-hybridized carbons (Fsp3) is 0.118. The Morgan fingerprint density at radius 1 is 0.895 bits per heavy atom. The molecule has 1 aliphatic carbocycles. The molecule has 0 aliphatic heterocycles. The fourth-order valence-corrected chi connectivity index (χ4v) is 2.71. The maximum absolute atomic E-state index is 12.3. The van der Waals surface area contributed by atoms with E-state index in [0.29, 0.717) is 0 Å². The topological polar surface area (TPSA) is 17.1 Å². The Kier molecular flexibility index (Phi) is 3.34. The Balaban J connectivity index is 1.99. The largest absolute Gasteiger partial charge is 0.289 e. The molecule has 2 heteroatoms. The zero-order chi connectivity index (χ0) is 13.2. The maximum atomic E-state index is 12.3. The van der Waals surface area contributed by atoms with Crippen molar-refractivity contribution < 1.29 is 4.79 Å². The van der Waals surface area contributed by atoms with E-state index in [0.717, 1.165) is 39.6 Å². The number of fused-ring (bicyclic) bond motifs is 1. The van der Waals surface area contributed by atoms with Crippen LogP contribution in [0.3, 0.4) is 0 Å². The summed E-state index contributed by atoms with van der Waals surface area (Å²) in [6, 6.07) is 16.0. The van der Waals surface area contributed by atoms with E-state index in [1.165, 1.54) is 0 Å². The molecule has 0 saturated heterocycles. The van der Waals surface area contributed by atoms with E-state index in [4.69, 9.17) is 0 Å². The number of ketones is 1. The summed E-state index contributed by atoms with van der Waals surface area (Å²) in [7, 11) is 0. The molecule has 0 aromatic heterocycles. The van der Waals surface area contributed by atoms with Gasteiger partial charge in [-0.15, -0.1) is 0 Å². The molecule has 1 aliphatic rings. The van der Waals surface area contributed by atoms with E-state index in [1.54, 1.807) is 6.08 Å². The molecule has 0 radical (unpaired) electrons. The van der Waals surface area contributed by atoms with Crippen molar-refractivity contribution in [1.29, 1.82) is 0 Å². The number of carbonyl (C=O) groups is 1. The van der Waals surface area contributed by atoms with Gasteiger partial charge in [-0.2, -0.15) is 0 Å². The van der Waals surface area contributed by atoms with E-state index >= 15 is 0 Å². The molecule has 0 bridgehead atoms. The van der Waals surface area contributed by atoms with Gasteiger partial charge >= 0.3 is 0 Å². The second kappa shape index (κ2) is 5.14. The van der Waals surface area contributed by atoms with Crippen molar-refractivity contribution in [3.63, 3.8) is 0 Å². The van der Waals surface area contributed by atoms with Crippen LogP contribution in [0.25, 0.3) is 5.57 Å². The molecule has 0 N–H and O–H groups in total. The Labute approximate surface area is 121 Å². The Bertz CT molecular complexity index is 653. The molecule has 2 aromatic rings. The molecule has 1 nitrogen and oxygen atoms in total. The van der Waals surface area contributed by atoms with E-state index in [9.17, 15) is 4.79 Å². The molecule has 0 fully saturated rings. The number of carbonyl (C=O) groups excluding carboxylic acids is 1. The second-order valence-corrected chi connectivity index (χ2v) is 5.61. The summed E-state index contributed by atoms with van der Waals surface area (Å²) in [6.07, 6.45) is 3.61. The van der Waals surface area contributed by atoms with Gasteiger partial charge in [-0.25, -0.2) is 0 Å². The smallest absolute Gasteiger partial charge is 0.186 e. The first-order valence-electron chi connectivity index (χ1n) is 6.33. The van der Waals surface area contributed by atoms with Crippen LogP contribution in [0.5, 0.6) is 0 Å². The summed E-state index contributed by atoms with van der Waals surface area (Å²) < 4.78 is 1.06. The van der Waals surface area contributed by atoms with Crippen LogP contribution in [0.15, 0.2) is 59.1 Å². The zero-order valence-electron chi connectivity index (χ0n) is 10.4. The predicted molar refractivity (Wildman–Crippen MR) is 81.2 cm³/mol. The van der Waals surface area contributed by atoms with Crippen molar-refractivity contribution in [1.82, 2.24) is 0 Å². The number of rotatable bonds is 1. The first-order chi connectivity index (χ1) is 9.24. The molecule has 0 spiro atoms. The highest BCUT2D eigenvalue weighted by Crippen LogP contribution is 2.27. The van der Waals surface area contributed by atoms with E-state index in [2.05, 4.69) is 28.1 Å². The van der Waals surface area contributed by atoms with Crippen LogP contribution in [0.2, 0.25) is 0 Å². The van der Waals surface area contributed by atoms with Crippen molar-refractivity contribution in [2.75, 3.05) is 0 Å². The van der Waals surface area contributed by atoms with Crippen LogP contribution in [-0.4, -0.2) is 5.78 Å². The van der Waals surface area contributed by atoms with Crippen molar-refractivity contribution in [2.24, 2.45) is 0 Å². The third-order valence-corrected chi connectivity index (χ3v) is 4.00. The highest BCUT2D eigenvalue weighted by atomic mass is 79.9. The minimum atomic E-state index is 0.117.